The zero-order chi connectivity index (χ0) is 25.3. The molecule has 2 aromatic carbocycles. The molecule has 1 heterocycles. The number of anilines is 1. The molecule has 4 rings (SSSR count). The molecule has 0 bridgehead atoms. The lowest BCUT2D eigenvalue weighted by atomic mass is 10.0. The summed E-state index contributed by atoms with van der Waals surface area (Å²) in [5, 5.41) is 2.78. The first kappa shape index (κ1) is 24.6. The Bertz CT molecular complexity index is 1170. The van der Waals surface area contributed by atoms with Gasteiger partial charge in [0.05, 0.1) is 5.69 Å². The maximum atomic E-state index is 14.0. The number of rotatable bonds is 7. The topological polar surface area (TPSA) is 95.7 Å². The monoisotopic (exact) mass is 492 g/mol. The third kappa shape index (κ3) is 5.97. The number of nitrogens with zero attached hydrogens (tertiary/aromatic N) is 2. The summed E-state index contributed by atoms with van der Waals surface area (Å²) in [7, 11) is 0. The van der Waals surface area contributed by atoms with E-state index in [0.717, 1.165) is 23.8 Å². The minimum Gasteiger partial charge on any atom is -0.352 e. The molecule has 186 valence electrons. The fourth-order valence-corrected chi connectivity index (χ4v) is 3.99. The number of carbonyl (C=O) groups is 3. The van der Waals surface area contributed by atoms with E-state index >= 15 is 0 Å². The van der Waals surface area contributed by atoms with E-state index in [9.17, 15) is 31.9 Å². The van der Waals surface area contributed by atoms with Crippen LogP contribution in [0.25, 0.3) is 0 Å². The minimum atomic E-state index is -1.33. The van der Waals surface area contributed by atoms with Gasteiger partial charge in [0, 0.05) is 31.1 Å². The van der Waals surface area contributed by atoms with Gasteiger partial charge in [-0.2, -0.15) is 0 Å². The smallest absolute Gasteiger partial charge is 0.247 e. The van der Waals surface area contributed by atoms with Crippen LogP contribution < -0.4 is 16.0 Å². The minimum absolute atomic E-state index is 0.0345. The van der Waals surface area contributed by atoms with E-state index in [1.165, 1.54) is 17.0 Å². The number of hydrogen-bond acceptors (Lipinski definition) is 4. The summed E-state index contributed by atoms with van der Waals surface area (Å²) in [6, 6.07) is 4.02. The fourth-order valence-electron chi connectivity index (χ4n) is 3.99. The highest BCUT2D eigenvalue weighted by Gasteiger charge is 2.32. The number of carbonyl (C=O) groups excluding carboxylic acids is 3. The number of halogens is 4. The molecule has 0 saturated heterocycles. The summed E-state index contributed by atoms with van der Waals surface area (Å²) in [6.07, 6.45) is 1.19. The maximum Gasteiger partial charge on any atom is 0.247 e. The molecule has 0 unspecified atom stereocenters. The SMILES string of the molecule is N[C@@H](CC(=O)N1CC(=O)N(CC(=O)NC2CC2)c2cc(F)ccc2C1)Cc1cc(F)c(F)cc1F. The van der Waals surface area contributed by atoms with Crippen LogP contribution in [0, 0.1) is 23.3 Å². The van der Waals surface area contributed by atoms with Gasteiger partial charge in [0.1, 0.15) is 24.7 Å². The van der Waals surface area contributed by atoms with Gasteiger partial charge in [-0.1, -0.05) is 6.07 Å². The van der Waals surface area contributed by atoms with Gasteiger partial charge in [-0.15, -0.1) is 0 Å². The predicted octanol–water partition coefficient (Wildman–Crippen LogP) is 2.16. The Morgan fingerprint density at radius 2 is 1.74 bits per heavy atom. The largest absolute Gasteiger partial charge is 0.352 e. The molecule has 3 amide bonds. The Morgan fingerprint density at radius 1 is 1.03 bits per heavy atom. The van der Waals surface area contributed by atoms with Gasteiger partial charge >= 0.3 is 0 Å². The molecule has 3 N–H and O–H groups in total. The van der Waals surface area contributed by atoms with Crippen molar-refractivity contribution in [1.82, 2.24) is 10.2 Å². The van der Waals surface area contributed by atoms with Crippen molar-refractivity contribution in [2.24, 2.45) is 5.73 Å². The van der Waals surface area contributed by atoms with Gasteiger partial charge in [0.2, 0.25) is 17.7 Å². The first-order valence-corrected chi connectivity index (χ1v) is 11.2. The number of nitrogens with one attached hydrogen (secondary N) is 1. The van der Waals surface area contributed by atoms with E-state index in [1.807, 2.05) is 0 Å². The molecule has 1 aliphatic carbocycles. The van der Waals surface area contributed by atoms with Gasteiger partial charge in [-0.25, -0.2) is 17.6 Å². The van der Waals surface area contributed by atoms with Gasteiger partial charge in [-0.3, -0.25) is 14.4 Å². The van der Waals surface area contributed by atoms with Crippen molar-refractivity contribution in [3.05, 3.63) is 64.7 Å². The van der Waals surface area contributed by atoms with Crippen LogP contribution in [0.4, 0.5) is 23.2 Å². The number of fused-ring (bicyclic) bond motifs is 1. The molecule has 0 aromatic heterocycles. The summed E-state index contributed by atoms with van der Waals surface area (Å²) in [6.45, 7) is -0.728. The quantitative estimate of drug-likeness (QED) is 0.458. The van der Waals surface area contributed by atoms with Crippen LogP contribution in [0.15, 0.2) is 30.3 Å². The van der Waals surface area contributed by atoms with Crippen molar-refractivity contribution in [1.29, 1.82) is 0 Å². The standard InChI is InChI=1S/C24H24F4N4O3/c25-15-2-1-13-10-31(12-24(35)32(21(13)7-15)11-22(33)30-17-3-4-17)23(34)8-16(29)5-14-6-19(27)20(28)9-18(14)26/h1-2,6-7,9,16-17H,3-5,8,10-12,29H2,(H,30,33)/t16-/m1/s1. The van der Waals surface area contributed by atoms with Crippen molar-refractivity contribution < 1.29 is 31.9 Å². The summed E-state index contributed by atoms with van der Waals surface area (Å²) in [5.41, 5.74) is 6.46. The van der Waals surface area contributed by atoms with Crippen molar-refractivity contribution >= 4 is 23.4 Å². The Balaban J connectivity index is 1.48. The molecule has 0 spiro atoms. The van der Waals surface area contributed by atoms with E-state index in [-0.39, 0.29) is 55.7 Å². The van der Waals surface area contributed by atoms with E-state index in [0.29, 0.717) is 17.7 Å². The number of hydrogen-bond donors (Lipinski definition) is 2. The molecule has 2 aromatic rings. The lowest BCUT2D eigenvalue weighted by molar-refractivity contribution is -0.136. The van der Waals surface area contributed by atoms with Crippen molar-refractivity contribution in [2.45, 2.75) is 44.3 Å². The zero-order valence-corrected chi connectivity index (χ0v) is 18.7. The lowest BCUT2D eigenvalue weighted by Gasteiger charge is -2.23. The number of benzene rings is 2. The highest BCUT2D eigenvalue weighted by atomic mass is 19.2. The molecule has 7 nitrogen and oxygen atoms in total. The highest BCUT2D eigenvalue weighted by Crippen LogP contribution is 2.28. The van der Waals surface area contributed by atoms with Crippen LogP contribution in [0.5, 0.6) is 0 Å². The predicted molar refractivity (Wildman–Crippen MR) is 118 cm³/mol. The Morgan fingerprint density at radius 3 is 2.46 bits per heavy atom. The molecule has 2 aliphatic rings. The summed E-state index contributed by atoms with van der Waals surface area (Å²) < 4.78 is 54.6. The Hall–Kier alpha value is -3.47. The van der Waals surface area contributed by atoms with Crippen LogP contribution in [0.2, 0.25) is 0 Å². The van der Waals surface area contributed by atoms with Crippen molar-refractivity contribution in [3.63, 3.8) is 0 Å². The van der Waals surface area contributed by atoms with E-state index < -0.39 is 41.1 Å². The first-order chi connectivity index (χ1) is 16.6. The van der Waals surface area contributed by atoms with Crippen molar-refractivity contribution in [3.8, 4) is 0 Å². The second-order valence-corrected chi connectivity index (χ2v) is 8.87. The Kier molecular flexibility index (Phi) is 7.06. The van der Waals surface area contributed by atoms with Crippen LogP contribution in [0.1, 0.15) is 30.4 Å². The molecular formula is C24H24F4N4O3. The third-order valence-electron chi connectivity index (χ3n) is 5.93. The van der Waals surface area contributed by atoms with Crippen LogP contribution in [0.3, 0.4) is 0 Å². The molecule has 0 radical (unpaired) electrons. The Labute approximate surface area is 198 Å². The first-order valence-electron chi connectivity index (χ1n) is 11.2. The average molecular weight is 492 g/mol. The molecule has 1 atom stereocenters. The van der Waals surface area contributed by atoms with Crippen LogP contribution in [-0.2, 0) is 27.3 Å². The van der Waals surface area contributed by atoms with Gasteiger partial charge in [0.15, 0.2) is 11.6 Å². The maximum absolute atomic E-state index is 14.0. The average Bonchev–Trinajstić information content (AvgIpc) is 3.60. The second kappa shape index (κ2) is 10.0. The number of nitrogens with two attached hydrogens (primary N) is 1. The van der Waals surface area contributed by atoms with E-state index in [4.69, 9.17) is 5.73 Å². The van der Waals surface area contributed by atoms with Gasteiger partial charge < -0.3 is 20.9 Å². The van der Waals surface area contributed by atoms with Gasteiger partial charge in [-0.05, 0) is 48.6 Å². The molecule has 1 fully saturated rings. The third-order valence-corrected chi connectivity index (χ3v) is 5.93. The summed E-state index contributed by atoms with van der Waals surface area (Å²) in [5.74, 6) is -5.63. The molecule has 11 heteroatoms. The lowest BCUT2D eigenvalue weighted by Crippen LogP contribution is -2.45. The van der Waals surface area contributed by atoms with Crippen LogP contribution >= 0.6 is 0 Å². The normalized spacial score (nSPS) is 16.5. The second-order valence-electron chi connectivity index (χ2n) is 8.87. The van der Waals surface area contributed by atoms with E-state index in [2.05, 4.69) is 5.32 Å². The van der Waals surface area contributed by atoms with Crippen LogP contribution in [-0.4, -0.2) is 47.8 Å². The number of amides is 3. The van der Waals surface area contributed by atoms with Crippen molar-refractivity contribution in [2.75, 3.05) is 18.0 Å². The van der Waals surface area contributed by atoms with Gasteiger partial charge in [0.25, 0.3) is 0 Å². The molecule has 1 aliphatic heterocycles. The molecule has 1 saturated carbocycles. The zero-order valence-electron chi connectivity index (χ0n) is 18.7. The summed E-state index contributed by atoms with van der Waals surface area (Å²) >= 11 is 0. The molecular weight excluding hydrogens is 468 g/mol. The highest BCUT2D eigenvalue weighted by molar-refractivity contribution is 6.02. The fraction of sp³-hybridized carbons (Fsp3) is 0.375. The molecule has 35 heavy (non-hydrogen) atoms. The summed E-state index contributed by atoms with van der Waals surface area (Å²) in [4.78, 5) is 40.7. The van der Waals surface area contributed by atoms with E-state index in [1.54, 1.807) is 0 Å².